The number of phosphoric acid groups is 1. The van der Waals surface area contributed by atoms with E-state index in [1.54, 1.807) is 0 Å². The minimum absolute atomic E-state index is 0.168. The normalized spacial score (nSPS) is 14.0. The van der Waals surface area contributed by atoms with Gasteiger partial charge in [-0.2, -0.15) is 0 Å². The molecule has 0 aromatic heterocycles. The van der Waals surface area contributed by atoms with E-state index in [9.17, 15) is 23.8 Å². The Labute approximate surface area is 278 Å². The molecule has 0 saturated heterocycles. The Kier molecular flexibility index (Phi) is 29.8. The van der Waals surface area contributed by atoms with E-state index in [4.69, 9.17) is 24.8 Å². The Balaban J connectivity index is 4.38. The van der Waals surface area contributed by atoms with Crippen LogP contribution >= 0.6 is 7.82 Å². The van der Waals surface area contributed by atoms with E-state index in [-0.39, 0.29) is 19.4 Å². The van der Waals surface area contributed by atoms with Crippen LogP contribution in [0.3, 0.4) is 0 Å². The summed E-state index contributed by atoms with van der Waals surface area (Å²) in [5.74, 6) is -2.38. The van der Waals surface area contributed by atoms with E-state index in [2.05, 4.69) is 18.4 Å². The van der Waals surface area contributed by atoms with Crippen molar-refractivity contribution in [1.82, 2.24) is 0 Å². The van der Waals surface area contributed by atoms with Crippen LogP contribution in [0.2, 0.25) is 0 Å². The Morgan fingerprint density at radius 1 is 0.587 bits per heavy atom. The number of unbranched alkanes of at least 4 members (excludes halogenated alkanes) is 20. The Morgan fingerprint density at radius 3 is 1.37 bits per heavy atom. The molecule has 46 heavy (non-hydrogen) atoms. The minimum Gasteiger partial charge on any atom is -0.480 e. The quantitative estimate of drug-likeness (QED) is 0.0339. The van der Waals surface area contributed by atoms with Gasteiger partial charge in [0.2, 0.25) is 0 Å². The van der Waals surface area contributed by atoms with Crippen LogP contribution in [0.1, 0.15) is 168 Å². The maximum absolute atomic E-state index is 12.5. The molecule has 0 rings (SSSR count). The highest BCUT2D eigenvalue weighted by Gasteiger charge is 2.28. The Bertz CT molecular complexity index is 813. The molecule has 0 aliphatic carbocycles. The van der Waals surface area contributed by atoms with Crippen LogP contribution in [-0.4, -0.2) is 59.9 Å². The molecule has 0 aromatic rings. The van der Waals surface area contributed by atoms with Gasteiger partial charge >= 0.3 is 25.7 Å². The molecule has 0 spiro atoms. The van der Waals surface area contributed by atoms with Crippen molar-refractivity contribution < 1.29 is 47.5 Å². The first-order chi connectivity index (χ1) is 22.1. The lowest BCUT2D eigenvalue weighted by Crippen LogP contribution is -2.34. The predicted octanol–water partition coefficient (Wildman–Crippen LogP) is 8.39. The standard InChI is InChI=1S/C34H66NO10P/c1-3-5-7-9-11-12-13-14-15-16-17-18-20-22-24-26-33(37)45-30(28-43-46(40,41)44-29-31(35)34(38)39)27-42-32(36)25-23-21-19-10-8-6-4-2/h30-31H,3-29,35H2,1-2H3,(H,38,39)(H,40,41)/t30-,31-/m0/s1. The fourth-order valence-corrected chi connectivity index (χ4v) is 5.72. The Morgan fingerprint density at radius 2 is 0.957 bits per heavy atom. The summed E-state index contributed by atoms with van der Waals surface area (Å²) >= 11 is 0. The van der Waals surface area contributed by atoms with Gasteiger partial charge in [0.15, 0.2) is 6.10 Å². The van der Waals surface area contributed by atoms with Crippen LogP contribution in [0.4, 0.5) is 0 Å². The molecule has 0 radical (unpaired) electrons. The van der Waals surface area contributed by atoms with Crippen LogP contribution in [0.15, 0.2) is 0 Å². The molecule has 0 aromatic carbocycles. The number of nitrogens with two attached hydrogens (primary N) is 1. The predicted molar refractivity (Wildman–Crippen MR) is 180 cm³/mol. The smallest absolute Gasteiger partial charge is 0.472 e. The van der Waals surface area contributed by atoms with E-state index < -0.39 is 51.1 Å². The van der Waals surface area contributed by atoms with E-state index in [1.807, 2.05) is 0 Å². The highest BCUT2D eigenvalue weighted by molar-refractivity contribution is 7.47. The van der Waals surface area contributed by atoms with Crippen molar-refractivity contribution in [3.05, 3.63) is 0 Å². The zero-order valence-corrected chi connectivity index (χ0v) is 29.8. The van der Waals surface area contributed by atoms with E-state index in [0.717, 1.165) is 38.5 Å². The minimum atomic E-state index is -4.69. The number of phosphoric ester groups is 1. The molecule has 12 heteroatoms. The molecule has 0 saturated carbocycles. The largest absolute Gasteiger partial charge is 0.480 e. The number of esters is 2. The van der Waals surface area contributed by atoms with E-state index in [1.165, 1.54) is 89.9 Å². The first kappa shape index (κ1) is 44.5. The highest BCUT2D eigenvalue weighted by atomic mass is 31.2. The molecule has 1 unspecified atom stereocenters. The monoisotopic (exact) mass is 679 g/mol. The zero-order chi connectivity index (χ0) is 34.3. The summed E-state index contributed by atoms with van der Waals surface area (Å²) in [4.78, 5) is 45.5. The number of hydrogen-bond donors (Lipinski definition) is 3. The highest BCUT2D eigenvalue weighted by Crippen LogP contribution is 2.43. The van der Waals surface area contributed by atoms with Gasteiger partial charge in [-0.05, 0) is 12.8 Å². The molecular formula is C34H66NO10P. The molecule has 0 heterocycles. The summed E-state index contributed by atoms with van der Waals surface area (Å²) in [5.41, 5.74) is 5.30. The third kappa shape index (κ3) is 29.9. The fraction of sp³-hybridized carbons (Fsp3) is 0.912. The molecule has 4 N–H and O–H groups in total. The SMILES string of the molecule is CCCCCCCCCCCCCCCCCC(=O)O[C@@H](COC(=O)CCCCCCCCC)COP(=O)(O)OC[C@H](N)C(=O)O. The van der Waals surface area contributed by atoms with Crippen molar-refractivity contribution in [3.8, 4) is 0 Å². The van der Waals surface area contributed by atoms with Crippen LogP contribution in [-0.2, 0) is 37.5 Å². The van der Waals surface area contributed by atoms with E-state index in [0.29, 0.717) is 12.8 Å². The molecule has 3 atom stereocenters. The van der Waals surface area contributed by atoms with Gasteiger partial charge in [-0.1, -0.05) is 142 Å². The third-order valence-corrected chi connectivity index (χ3v) is 8.81. The number of rotatable bonds is 34. The van der Waals surface area contributed by atoms with Crippen LogP contribution in [0, 0.1) is 0 Å². The van der Waals surface area contributed by atoms with Gasteiger partial charge in [-0.25, -0.2) is 4.57 Å². The first-order valence-corrected chi connectivity index (χ1v) is 19.6. The number of carbonyl (C=O) groups excluding carboxylic acids is 2. The lowest BCUT2D eigenvalue weighted by atomic mass is 10.0. The lowest BCUT2D eigenvalue weighted by molar-refractivity contribution is -0.161. The van der Waals surface area contributed by atoms with Crippen LogP contribution in [0.25, 0.3) is 0 Å². The van der Waals surface area contributed by atoms with Crippen molar-refractivity contribution in [2.24, 2.45) is 5.73 Å². The first-order valence-electron chi connectivity index (χ1n) is 18.1. The van der Waals surface area contributed by atoms with Gasteiger partial charge in [0.05, 0.1) is 13.2 Å². The molecule has 0 aliphatic heterocycles. The fourth-order valence-electron chi connectivity index (χ4n) is 4.95. The molecule has 0 amide bonds. The van der Waals surface area contributed by atoms with Crippen molar-refractivity contribution in [2.75, 3.05) is 19.8 Å². The van der Waals surface area contributed by atoms with Crippen molar-refractivity contribution in [1.29, 1.82) is 0 Å². The van der Waals surface area contributed by atoms with Crippen molar-refractivity contribution in [3.63, 3.8) is 0 Å². The number of hydrogen-bond acceptors (Lipinski definition) is 9. The molecule has 11 nitrogen and oxygen atoms in total. The maximum atomic E-state index is 12.5. The number of carbonyl (C=O) groups is 3. The average molecular weight is 680 g/mol. The van der Waals surface area contributed by atoms with Gasteiger partial charge in [0, 0.05) is 12.8 Å². The number of carboxylic acids is 1. The lowest BCUT2D eigenvalue weighted by Gasteiger charge is -2.20. The zero-order valence-electron chi connectivity index (χ0n) is 28.9. The maximum Gasteiger partial charge on any atom is 0.472 e. The number of ether oxygens (including phenoxy) is 2. The second-order valence-corrected chi connectivity index (χ2v) is 13.8. The molecule has 0 bridgehead atoms. The molecular weight excluding hydrogens is 613 g/mol. The topological polar surface area (TPSA) is 172 Å². The van der Waals surface area contributed by atoms with Gasteiger partial charge < -0.3 is 25.2 Å². The van der Waals surface area contributed by atoms with Gasteiger partial charge in [-0.15, -0.1) is 0 Å². The summed E-state index contributed by atoms with van der Waals surface area (Å²) < 4.78 is 32.4. The molecule has 0 fully saturated rings. The second kappa shape index (κ2) is 30.8. The van der Waals surface area contributed by atoms with Gasteiger partial charge in [-0.3, -0.25) is 23.4 Å². The summed E-state index contributed by atoms with van der Waals surface area (Å²) in [6, 6.07) is -1.51. The third-order valence-electron chi connectivity index (χ3n) is 7.86. The summed E-state index contributed by atoms with van der Waals surface area (Å²) in [7, 11) is -4.69. The summed E-state index contributed by atoms with van der Waals surface area (Å²) in [6.45, 7) is 2.74. The van der Waals surface area contributed by atoms with Gasteiger partial charge in [0.1, 0.15) is 12.6 Å². The van der Waals surface area contributed by atoms with Crippen molar-refractivity contribution in [2.45, 2.75) is 180 Å². The Hall–Kier alpha value is -1.52. The number of aliphatic carboxylic acids is 1. The van der Waals surface area contributed by atoms with E-state index >= 15 is 0 Å². The summed E-state index contributed by atoms with van der Waals surface area (Å²) in [6.07, 6.45) is 24.8. The van der Waals surface area contributed by atoms with Crippen LogP contribution in [0.5, 0.6) is 0 Å². The molecule has 272 valence electrons. The van der Waals surface area contributed by atoms with Crippen LogP contribution < -0.4 is 5.73 Å². The molecule has 0 aliphatic rings. The van der Waals surface area contributed by atoms with Gasteiger partial charge in [0.25, 0.3) is 0 Å². The number of carboxylic acid groups (broad SMARTS) is 1. The second-order valence-electron chi connectivity index (χ2n) is 12.4. The summed E-state index contributed by atoms with van der Waals surface area (Å²) in [5, 5.41) is 8.83. The average Bonchev–Trinajstić information content (AvgIpc) is 3.02. The van der Waals surface area contributed by atoms with Crippen molar-refractivity contribution >= 4 is 25.7 Å².